The molecule has 0 aromatic carbocycles. The minimum absolute atomic E-state index is 0.0204. The zero-order valence-electron chi connectivity index (χ0n) is 29.8. The Morgan fingerprint density at radius 3 is 2.10 bits per heavy atom. The van der Waals surface area contributed by atoms with E-state index in [1.807, 2.05) is 13.8 Å². The van der Waals surface area contributed by atoms with Crippen LogP contribution < -0.4 is 0 Å². The summed E-state index contributed by atoms with van der Waals surface area (Å²) in [7, 11) is 6.22. The van der Waals surface area contributed by atoms with E-state index in [1.54, 1.807) is 0 Å². The summed E-state index contributed by atoms with van der Waals surface area (Å²) in [5, 5.41) is 0. The number of fused-ring (bicyclic) bond motifs is 8. The van der Waals surface area contributed by atoms with Crippen LogP contribution in [0.1, 0.15) is 133 Å². The first-order valence-corrected chi connectivity index (χ1v) is 18.0. The Balaban J connectivity index is 0.00000173. The predicted molar refractivity (Wildman–Crippen MR) is 173 cm³/mol. The van der Waals surface area contributed by atoms with Crippen LogP contribution in [-0.4, -0.2) is 57.0 Å². The first-order valence-electron chi connectivity index (χ1n) is 18.0. The van der Waals surface area contributed by atoms with Gasteiger partial charge in [0.2, 0.25) is 0 Å². The number of likely N-dealkylation sites (N-methyl/N-ethyl adjacent to an activating group) is 1. The number of esters is 1. The first-order chi connectivity index (χ1) is 19.4. The van der Waals surface area contributed by atoms with Crippen molar-refractivity contribution < 1.29 is 18.8 Å². The van der Waals surface area contributed by atoms with E-state index >= 15 is 0 Å². The predicted octanol–water partition coefficient (Wildman–Crippen LogP) is 8.91. The van der Waals surface area contributed by atoms with E-state index in [-0.39, 0.29) is 17.5 Å². The SMILES string of the molecule is CC.CC1(C)C(OC(=O)C[N+](C)(C)C)CC[C@@]2(C)C1CC[C@]1(C)C2CCC2C3C[C@@H]4OC[C@@]3(CCC4(C)C)CC[C@]21C. The minimum Gasteiger partial charge on any atom is -0.458 e. The van der Waals surface area contributed by atoms with Gasteiger partial charge in [-0.1, -0.05) is 62.3 Å². The van der Waals surface area contributed by atoms with E-state index in [1.165, 1.54) is 64.2 Å². The average molecular weight is 587 g/mol. The van der Waals surface area contributed by atoms with Gasteiger partial charge in [-0.3, -0.25) is 0 Å². The van der Waals surface area contributed by atoms with Crippen molar-refractivity contribution >= 4 is 5.97 Å². The van der Waals surface area contributed by atoms with E-state index < -0.39 is 0 Å². The highest BCUT2D eigenvalue weighted by Crippen LogP contribution is 2.77. The second-order valence-electron chi connectivity index (χ2n) is 18.9. The highest BCUT2D eigenvalue weighted by atomic mass is 16.5. The Kier molecular flexibility index (Phi) is 8.16. The lowest BCUT2D eigenvalue weighted by Gasteiger charge is -2.73. The molecule has 5 unspecified atom stereocenters. The standard InChI is InChI=1S/C36H62NO3.C2H6/c1-31(2)17-19-36-20-18-34(6)24(25(36)21-29(31)39-23-36)11-12-27-33(5)15-14-28(40-30(38)22-37(8,9)10)32(3,4)26(33)13-16-35(27,34)7;1-2/h24-29H,11-23H2,1-10H3;1-2H3/q+1;/t24?,25?,26?,27?,28?,29-,33-,34+,35+,36+;/m0./s1. The second kappa shape index (κ2) is 10.5. The normalized spacial score (nSPS) is 48.7. The monoisotopic (exact) mass is 587 g/mol. The molecular formula is C38H68NO3+. The Bertz CT molecular complexity index is 1030. The molecule has 7 rings (SSSR count). The molecule has 242 valence electrons. The van der Waals surface area contributed by atoms with Gasteiger partial charge in [-0.2, -0.15) is 0 Å². The summed E-state index contributed by atoms with van der Waals surface area (Å²) in [6.45, 7) is 23.5. The van der Waals surface area contributed by atoms with Gasteiger partial charge in [-0.15, -0.1) is 0 Å². The zero-order valence-corrected chi connectivity index (χ0v) is 29.8. The Morgan fingerprint density at radius 2 is 1.43 bits per heavy atom. The molecule has 4 nitrogen and oxygen atoms in total. The van der Waals surface area contributed by atoms with E-state index in [9.17, 15) is 4.79 Å². The van der Waals surface area contributed by atoms with Crippen LogP contribution in [0, 0.1) is 56.2 Å². The molecule has 7 aliphatic rings. The van der Waals surface area contributed by atoms with Crippen LogP contribution in [0.3, 0.4) is 0 Å². The molecule has 10 atom stereocenters. The summed E-state index contributed by atoms with van der Waals surface area (Å²) in [6, 6.07) is 0. The van der Waals surface area contributed by atoms with Crippen molar-refractivity contribution in [2.75, 3.05) is 34.3 Å². The number of carbonyl (C=O) groups excluding carboxylic acids is 1. The van der Waals surface area contributed by atoms with Crippen molar-refractivity contribution in [1.82, 2.24) is 0 Å². The first kappa shape index (κ1) is 32.8. The summed E-state index contributed by atoms with van der Waals surface area (Å²) in [5.74, 6) is 3.06. The van der Waals surface area contributed by atoms with Gasteiger partial charge in [0, 0.05) is 5.41 Å². The fourth-order valence-corrected chi connectivity index (χ4v) is 12.8. The minimum atomic E-state index is -0.0242. The maximum Gasteiger partial charge on any atom is 0.362 e. The van der Waals surface area contributed by atoms with Crippen molar-refractivity contribution in [1.29, 1.82) is 0 Å². The molecule has 2 saturated heterocycles. The maximum atomic E-state index is 12.9. The lowest BCUT2D eigenvalue weighted by atomic mass is 9.32. The third kappa shape index (κ3) is 4.76. The van der Waals surface area contributed by atoms with Crippen LogP contribution in [0.5, 0.6) is 0 Å². The molecule has 0 N–H and O–H groups in total. The Labute approximate surface area is 260 Å². The number of hydrogen-bond acceptors (Lipinski definition) is 3. The quantitative estimate of drug-likeness (QED) is 0.245. The molecule has 2 bridgehead atoms. The summed E-state index contributed by atoms with van der Waals surface area (Å²) in [6.07, 6.45) is 15.0. The molecule has 0 amide bonds. The fraction of sp³-hybridized carbons (Fsp3) is 0.974. The number of rotatable bonds is 3. The molecule has 5 saturated carbocycles. The van der Waals surface area contributed by atoms with E-state index in [0.717, 1.165) is 30.8 Å². The van der Waals surface area contributed by atoms with Gasteiger partial charge in [0.15, 0.2) is 6.54 Å². The summed E-state index contributed by atoms with van der Waals surface area (Å²) in [4.78, 5) is 12.9. The number of hydrogen-bond donors (Lipinski definition) is 0. The van der Waals surface area contributed by atoms with Gasteiger partial charge in [-0.25, -0.2) is 4.79 Å². The molecule has 42 heavy (non-hydrogen) atoms. The summed E-state index contributed by atoms with van der Waals surface area (Å²) >= 11 is 0. The Hall–Kier alpha value is -0.610. The van der Waals surface area contributed by atoms with Gasteiger partial charge in [0.25, 0.3) is 0 Å². The van der Waals surface area contributed by atoms with Crippen LogP contribution in [0.25, 0.3) is 0 Å². The lowest BCUT2D eigenvalue weighted by Crippen LogP contribution is -2.67. The molecule has 2 heterocycles. The molecule has 2 aliphatic heterocycles. The van der Waals surface area contributed by atoms with Crippen molar-refractivity contribution in [3.05, 3.63) is 0 Å². The van der Waals surface area contributed by atoms with Crippen molar-refractivity contribution in [2.24, 2.45) is 56.2 Å². The number of ether oxygens (including phenoxy) is 2. The molecule has 0 aromatic heterocycles. The van der Waals surface area contributed by atoms with E-state index in [4.69, 9.17) is 9.47 Å². The second-order valence-corrected chi connectivity index (χ2v) is 18.9. The molecule has 7 fully saturated rings. The fourth-order valence-electron chi connectivity index (χ4n) is 12.8. The average Bonchev–Trinajstić information content (AvgIpc) is 3.08. The van der Waals surface area contributed by atoms with Gasteiger partial charge in [0.05, 0.1) is 33.9 Å². The topological polar surface area (TPSA) is 35.5 Å². The maximum absolute atomic E-state index is 12.9. The third-order valence-electron chi connectivity index (χ3n) is 15.3. The van der Waals surface area contributed by atoms with Crippen molar-refractivity contribution in [3.63, 3.8) is 0 Å². The Morgan fingerprint density at radius 1 is 0.762 bits per heavy atom. The molecule has 0 radical (unpaired) electrons. The van der Waals surface area contributed by atoms with Gasteiger partial charge in [0.1, 0.15) is 6.10 Å². The van der Waals surface area contributed by atoms with Crippen LogP contribution in [0.15, 0.2) is 0 Å². The van der Waals surface area contributed by atoms with Gasteiger partial charge < -0.3 is 14.0 Å². The van der Waals surface area contributed by atoms with Crippen LogP contribution in [-0.2, 0) is 14.3 Å². The molecule has 1 spiro atoms. The van der Waals surface area contributed by atoms with Crippen LogP contribution in [0.4, 0.5) is 0 Å². The van der Waals surface area contributed by atoms with Crippen molar-refractivity contribution in [3.8, 4) is 0 Å². The largest absolute Gasteiger partial charge is 0.458 e. The molecule has 0 aromatic rings. The summed E-state index contributed by atoms with van der Waals surface area (Å²) in [5.41, 5.74) is 1.93. The van der Waals surface area contributed by atoms with Gasteiger partial charge in [-0.05, 0) is 121 Å². The lowest BCUT2D eigenvalue weighted by molar-refractivity contribution is -0.862. The van der Waals surface area contributed by atoms with Crippen LogP contribution >= 0.6 is 0 Å². The molecular weight excluding hydrogens is 518 g/mol. The third-order valence-corrected chi connectivity index (χ3v) is 15.3. The zero-order chi connectivity index (χ0) is 31.1. The highest BCUT2D eigenvalue weighted by Gasteiger charge is 2.70. The number of carbonyl (C=O) groups is 1. The molecule has 4 heteroatoms. The number of quaternary nitrogens is 1. The molecule has 5 aliphatic carbocycles. The van der Waals surface area contributed by atoms with E-state index in [0.29, 0.717) is 50.1 Å². The van der Waals surface area contributed by atoms with Gasteiger partial charge >= 0.3 is 5.97 Å². The van der Waals surface area contributed by atoms with Crippen molar-refractivity contribution in [2.45, 2.75) is 145 Å². The summed E-state index contributed by atoms with van der Waals surface area (Å²) < 4.78 is 13.6. The van der Waals surface area contributed by atoms with E-state index in [2.05, 4.69) is 69.6 Å². The highest BCUT2D eigenvalue weighted by molar-refractivity contribution is 5.70. The number of nitrogens with zero attached hydrogens (tertiary/aromatic N) is 1. The smallest absolute Gasteiger partial charge is 0.362 e. The van der Waals surface area contributed by atoms with Crippen LogP contribution in [0.2, 0.25) is 0 Å².